The van der Waals surface area contributed by atoms with Crippen molar-refractivity contribution in [3.05, 3.63) is 42.2 Å². The van der Waals surface area contributed by atoms with Crippen LogP contribution in [0.1, 0.15) is 12.7 Å². The molecule has 0 unspecified atom stereocenters. The molecule has 9 heteroatoms. The third kappa shape index (κ3) is 3.41. The first-order valence-electron chi connectivity index (χ1n) is 7.70. The summed E-state index contributed by atoms with van der Waals surface area (Å²) in [4.78, 5) is 32.8. The molecule has 0 saturated carbocycles. The van der Waals surface area contributed by atoms with Crippen molar-refractivity contribution in [2.24, 2.45) is 0 Å². The summed E-state index contributed by atoms with van der Waals surface area (Å²) in [6, 6.07) is 9.66. The van der Waals surface area contributed by atoms with E-state index in [-0.39, 0.29) is 29.8 Å². The number of ether oxygens (including phenoxy) is 2. The minimum atomic E-state index is -1.58. The van der Waals surface area contributed by atoms with Gasteiger partial charge in [0.15, 0.2) is 0 Å². The van der Waals surface area contributed by atoms with E-state index in [9.17, 15) is 14.7 Å². The zero-order valence-electron chi connectivity index (χ0n) is 14.0. The number of fused-ring (bicyclic) bond motifs is 1. The standard InChI is InChI=1S/C17H15N3O6/c1-3-24-15-13(18-12-9-10(2)25-14(12)19-15)20(16(21)22)17(23)26-11-7-5-4-6-8-11/h4-9H,3H2,1-2H3,(H,21,22). The number of hydrogen-bond donors (Lipinski definition) is 1. The molecule has 0 aliphatic carbocycles. The number of para-hydroxylation sites is 1. The van der Waals surface area contributed by atoms with Crippen LogP contribution in [0.4, 0.5) is 15.4 Å². The molecular weight excluding hydrogens is 342 g/mol. The molecule has 26 heavy (non-hydrogen) atoms. The maximum atomic E-state index is 12.4. The molecule has 3 aromatic rings. The van der Waals surface area contributed by atoms with Crippen molar-refractivity contribution in [1.29, 1.82) is 0 Å². The van der Waals surface area contributed by atoms with Gasteiger partial charge in [0.2, 0.25) is 11.5 Å². The lowest BCUT2D eigenvalue weighted by molar-refractivity contribution is 0.186. The normalized spacial score (nSPS) is 10.5. The highest BCUT2D eigenvalue weighted by Crippen LogP contribution is 2.29. The van der Waals surface area contributed by atoms with Gasteiger partial charge in [-0.05, 0) is 26.0 Å². The Morgan fingerprint density at radius 2 is 1.96 bits per heavy atom. The quantitative estimate of drug-likeness (QED) is 0.753. The number of rotatable bonds is 4. The van der Waals surface area contributed by atoms with Gasteiger partial charge < -0.3 is 19.0 Å². The Labute approximate surface area is 147 Å². The van der Waals surface area contributed by atoms with Crippen LogP contribution < -0.4 is 14.4 Å². The minimum Gasteiger partial charge on any atom is -0.475 e. The largest absolute Gasteiger partial charge is 0.475 e. The molecular formula is C17H15N3O6. The maximum Gasteiger partial charge on any atom is 0.430 e. The number of imide groups is 1. The molecule has 0 bridgehead atoms. The lowest BCUT2D eigenvalue weighted by Crippen LogP contribution is -2.39. The Morgan fingerprint density at radius 3 is 2.62 bits per heavy atom. The molecule has 2 heterocycles. The predicted molar refractivity (Wildman–Crippen MR) is 90.7 cm³/mol. The van der Waals surface area contributed by atoms with Crippen molar-refractivity contribution in [1.82, 2.24) is 9.97 Å². The summed E-state index contributed by atoms with van der Waals surface area (Å²) in [5.41, 5.74) is 0.469. The molecule has 0 aliphatic heterocycles. The van der Waals surface area contributed by atoms with Crippen LogP contribution in [0.3, 0.4) is 0 Å². The second kappa shape index (κ2) is 7.09. The number of anilines is 1. The number of hydrogen-bond acceptors (Lipinski definition) is 7. The van der Waals surface area contributed by atoms with E-state index in [2.05, 4.69) is 9.97 Å². The molecule has 0 saturated heterocycles. The molecule has 0 atom stereocenters. The molecule has 1 N–H and O–H groups in total. The van der Waals surface area contributed by atoms with E-state index in [4.69, 9.17) is 13.9 Å². The van der Waals surface area contributed by atoms with E-state index in [1.165, 1.54) is 12.1 Å². The zero-order chi connectivity index (χ0) is 18.7. The van der Waals surface area contributed by atoms with Crippen LogP contribution in [-0.2, 0) is 0 Å². The Bertz CT molecular complexity index is 954. The molecule has 2 aromatic heterocycles. The Hall–Kier alpha value is -3.62. The third-order valence-electron chi connectivity index (χ3n) is 3.25. The lowest BCUT2D eigenvalue weighted by atomic mass is 10.3. The number of nitrogens with zero attached hydrogens (tertiary/aromatic N) is 3. The van der Waals surface area contributed by atoms with Gasteiger partial charge in [-0.1, -0.05) is 18.2 Å². The number of furan rings is 1. The number of carbonyl (C=O) groups is 2. The first-order chi connectivity index (χ1) is 12.5. The number of carboxylic acid groups (broad SMARTS) is 1. The highest BCUT2D eigenvalue weighted by Gasteiger charge is 2.31. The number of aromatic nitrogens is 2. The van der Waals surface area contributed by atoms with Gasteiger partial charge in [-0.3, -0.25) is 0 Å². The van der Waals surface area contributed by atoms with Gasteiger partial charge in [0.05, 0.1) is 6.61 Å². The van der Waals surface area contributed by atoms with Crippen LogP contribution in [0, 0.1) is 6.92 Å². The molecule has 0 fully saturated rings. The van der Waals surface area contributed by atoms with Crippen LogP contribution in [-0.4, -0.2) is 33.9 Å². The number of amides is 2. The highest BCUT2D eigenvalue weighted by atomic mass is 16.6. The van der Waals surface area contributed by atoms with Gasteiger partial charge >= 0.3 is 12.2 Å². The monoisotopic (exact) mass is 357 g/mol. The van der Waals surface area contributed by atoms with Gasteiger partial charge in [0.1, 0.15) is 17.0 Å². The molecule has 134 valence electrons. The number of benzene rings is 1. The summed E-state index contributed by atoms with van der Waals surface area (Å²) in [6.45, 7) is 3.58. The van der Waals surface area contributed by atoms with Crippen molar-refractivity contribution < 1.29 is 28.6 Å². The van der Waals surface area contributed by atoms with Gasteiger partial charge in [-0.15, -0.1) is 0 Å². The van der Waals surface area contributed by atoms with Gasteiger partial charge in [0, 0.05) is 6.07 Å². The van der Waals surface area contributed by atoms with Gasteiger partial charge in [-0.25, -0.2) is 14.6 Å². The van der Waals surface area contributed by atoms with E-state index in [1.54, 1.807) is 38.1 Å². The second-order valence-corrected chi connectivity index (χ2v) is 5.13. The average Bonchev–Trinajstić information content (AvgIpc) is 2.95. The molecule has 2 amide bonds. The first-order valence-corrected chi connectivity index (χ1v) is 7.70. The number of aryl methyl sites for hydroxylation is 1. The van der Waals surface area contributed by atoms with Gasteiger partial charge in [0.25, 0.3) is 5.88 Å². The fourth-order valence-electron chi connectivity index (χ4n) is 2.22. The fourth-order valence-corrected chi connectivity index (χ4v) is 2.22. The molecule has 0 aliphatic rings. The summed E-state index contributed by atoms with van der Waals surface area (Å²) in [5, 5.41) is 9.52. The SMILES string of the molecule is CCOc1nc2oc(C)cc2nc1N(C(=O)O)C(=O)Oc1ccccc1. The Kier molecular flexibility index (Phi) is 4.70. The average molecular weight is 357 g/mol. The fraction of sp³-hybridized carbons (Fsp3) is 0.176. The number of carbonyl (C=O) groups excluding carboxylic acids is 1. The smallest absolute Gasteiger partial charge is 0.430 e. The molecule has 0 spiro atoms. The maximum absolute atomic E-state index is 12.4. The molecule has 0 radical (unpaired) electrons. The summed E-state index contributed by atoms with van der Waals surface area (Å²) in [6.07, 6.45) is -2.74. The molecule has 1 aromatic carbocycles. The van der Waals surface area contributed by atoms with Crippen LogP contribution in [0.25, 0.3) is 11.2 Å². The van der Waals surface area contributed by atoms with Gasteiger partial charge in [-0.2, -0.15) is 9.88 Å². The second-order valence-electron chi connectivity index (χ2n) is 5.13. The van der Waals surface area contributed by atoms with E-state index in [0.717, 1.165) is 0 Å². The summed E-state index contributed by atoms with van der Waals surface area (Å²) in [7, 11) is 0. The minimum absolute atomic E-state index is 0.151. The van der Waals surface area contributed by atoms with E-state index < -0.39 is 12.2 Å². The Morgan fingerprint density at radius 1 is 1.23 bits per heavy atom. The van der Waals surface area contributed by atoms with Crippen molar-refractivity contribution in [3.63, 3.8) is 0 Å². The van der Waals surface area contributed by atoms with Crippen molar-refractivity contribution in [3.8, 4) is 11.6 Å². The van der Waals surface area contributed by atoms with Crippen LogP contribution in [0.5, 0.6) is 11.6 Å². The van der Waals surface area contributed by atoms with Crippen molar-refractivity contribution in [2.45, 2.75) is 13.8 Å². The summed E-state index contributed by atoms with van der Waals surface area (Å²) in [5.74, 6) is 0.276. The van der Waals surface area contributed by atoms with Crippen LogP contribution >= 0.6 is 0 Å². The first kappa shape index (κ1) is 17.2. The molecule has 3 rings (SSSR count). The van der Waals surface area contributed by atoms with E-state index >= 15 is 0 Å². The zero-order valence-corrected chi connectivity index (χ0v) is 14.0. The van der Waals surface area contributed by atoms with E-state index in [0.29, 0.717) is 16.2 Å². The summed E-state index contributed by atoms with van der Waals surface area (Å²) < 4.78 is 15.8. The predicted octanol–water partition coefficient (Wildman–Crippen LogP) is 3.61. The topological polar surface area (TPSA) is 115 Å². The third-order valence-corrected chi connectivity index (χ3v) is 3.25. The van der Waals surface area contributed by atoms with E-state index in [1.807, 2.05) is 0 Å². The van der Waals surface area contributed by atoms with Crippen LogP contribution in [0.15, 0.2) is 40.8 Å². The Balaban J connectivity index is 2.04. The lowest BCUT2D eigenvalue weighted by Gasteiger charge is -2.17. The highest BCUT2D eigenvalue weighted by molar-refractivity contribution is 6.09. The molecule has 9 nitrogen and oxygen atoms in total. The summed E-state index contributed by atoms with van der Waals surface area (Å²) >= 11 is 0. The van der Waals surface area contributed by atoms with Crippen molar-refractivity contribution >= 4 is 29.2 Å². The van der Waals surface area contributed by atoms with Crippen LogP contribution in [0.2, 0.25) is 0 Å². The van der Waals surface area contributed by atoms with Crippen molar-refractivity contribution in [2.75, 3.05) is 11.5 Å².